The highest BCUT2D eigenvalue weighted by Crippen LogP contribution is 2.05. The Balaban J connectivity index is 2.07. The molecular formula is C20H26N6O6. The Morgan fingerprint density at radius 1 is 1.03 bits per heavy atom. The van der Waals surface area contributed by atoms with Gasteiger partial charge in [-0.2, -0.15) is 0 Å². The van der Waals surface area contributed by atoms with E-state index in [1.807, 2.05) is 0 Å². The van der Waals surface area contributed by atoms with Crippen molar-refractivity contribution in [2.24, 2.45) is 5.73 Å². The van der Waals surface area contributed by atoms with Gasteiger partial charge in [0.05, 0.1) is 19.5 Å². The van der Waals surface area contributed by atoms with Crippen LogP contribution in [0, 0.1) is 0 Å². The molecule has 1 aromatic heterocycles. The predicted molar refractivity (Wildman–Crippen MR) is 112 cm³/mol. The van der Waals surface area contributed by atoms with Gasteiger partial charge in [-0.3, -0.25) is 14.4 Å². The molecule has 1 heterocycles. The Kier molecular flexibility index (Phi) is 9.32. The summed E-state index contributed by atoms with van der Waals surface area (Å²) in [7, 11) is 0. The van der Waals surface area contributed by atoms with Crippen molar-refractivity contribution in [1.29, 1.82) is 0 Å². The number of aromatic amines is 1. The SMILES string of the molecule is NC(CO)C(=O)NCC(=O)NC(Cc1ccccc1)C(=O)NC(Cc1cnc[nH]1)C(=O)O. The van der Waals surface area contributed by atoms with Crippen molar-refractivity contribution in [2.75, 3.05) is 13.2 Å². The van der Waals surface area contributed by atoms with Crippen LogP contribution in [0.5, 0.6) is 0 Å². The van der Waals surface area contributed by atoms with Crippen LogP contribution in [-0.2, 0) is 32.0 Å². The smallest absolute Gasteiger partial charge is 0.326 e. The summed E-state index contributed by atoms with van der Waals surface area (Å²) in [5, 5.41) is 25.5. The number of carboxylic acid groups (broad SMARTS) is 1. The Morgan fingerprint density at radius 3 is 2.34 bits per heavy atom. The molecule has 1 aromatic carbocycles. The van der Waals surface area contributed by atoms with Gasteiger partial charge in [-0.05, 0) is 5.56 Å². The molecular weight excluding hydrogens is 420 g/mol. The van der Waals surface area contributed by atoms with Crippen LogP contribution in [0.15, 0.2) is 42.9 Å². The van der Waals surface area contributed by atoms with E-state index in [-0.39, 0.29) is 12.8 Å². The number of H-pyrrole nitrogens is 1. The van der Waals surface area contributed by atoms with Gasteiger partial charge in [0.15, 0.2) is 0 Å². The van der Waals surface area contributed by atoms with Crippen molar-refractivity contribution in [3.63, 3.8) is 0 Å². The molecule has 0 aliphatic carbocycles. The number of hydrogen-bond acceptors (Lipinski definition) is 7. The van der Waals surface area contributed by atoms with E-state index in [1.54, 1.807) is 30.3 Å². The van der Waals surface area contributed by atoms with Crippen molar-refractivity contribution >= 4 is 23.7 Å². The van der Waals surface area contributed by atoms with E-state index < -0.39 is 55.0 Å². The lowest BCUT2D eigenvalue weighted by molar-refractivity contribution is -0.142. The summed E-state index contributed by atoms with van der Waals surface area (Å²) >= 11 is 0. The Labute approximate surface area is 183 Å². The molecule has 3 amide bonds. The summed E-state index contributed by atoms with van der Waals surface area (Å²) < 4.78 is 0. The molecule has 2 aromatic rings. The fourth-order valence-electron chi connectivity index (χ4n) is 2.77. The van der Waals surface area contributed by atoms with Crippen molar-refractivity contribution in [1.82, 2.24) is 25.9 Å². The minimum atomic E-state index is -1.25. The molecule has 8 N–H and O–H groups in total. The lowest BCUT2D eigenvalue weighted by atomic mass is 10.0. The van der Waals surface area contributed by atoms with Crippen LogP contribution in [0.1, 0.15) is 11.3 Å². The molecule has 12 heteroatoms. The normalized spacial score (nSPS) is 13.4. The number of aliphatic hydroxyl groups excluding tert-OH is 1. The zero-order valence-corrected chi connectivity index (χ0v) is 17.2. The van der Waals surface area contributed by atoms with Gasteiger partial charge in [-0.25, -0.2) is 9.78 Å². The number of rotatable bonds is 12. The van der Waals surface area contributed by atoms with Crippen LogP contribution in [0.2, 0.25) is 0 Å². The van der Waals surface area contributed by atoms with Crippen LogP contribution in [-0.4, -0.2) is 75.1 Å². The second kappa shape index (κ2) is 12.2. The molecule has 32 heavy (non-hydrogen) atoms. The van der Waals surface area contributed by atoms with E-state index in [4.69, 9.17) is 10.8 Å². The predicted octanol–water partition coefficient (Wildman–Crippen LogP) is -2.32. The van der Waals surface area contributed by atoms with Gasteiger partial charge in [0.2, 0.25) is 17.7 Å². The first-order valence-corrected chi connectivity index (χ1v) is 9.78. The first-order chi connectivity index (χ1) is 15.3. The maximum atomic E-state index is 12.9. The van der Waals surface area contributed by atoms with Gasteiger partial charge in [0.25, 0.3) is 0 Å². The van der Waals surface area contributed by atoms with Gasteiger partial charge in [0, 0.05) is 24.7 Å². The number of carboxylic acids is 1. The van der Waals surface area contributed by atoms with E-state index in [0.29, 0.717) is 5.69 Å². The fraction of sp³-hybridized carbons (Fsp3) is 0.350. The molecule has 12 nitrogen and oxygen atoms in total. The number of aliphatic carboxylic acids is 1. The topological polar surface area (TPSA) is 200 Å². The third kappa shape index (κ3) is 7.81. The van der Waals surface area contributed by atoms with Crippen molar-refractivity contribution < 1.29 is 29.4 Å². The highest BCUT2D eigenvalue weighted by molar-refractivity contribution is 5.92. The maximum absolute atomic E-state index is 12.9. The van der Waals surface area contributed by atoms with Crippen molar-refractivity contribution in [2.45, 2.75) is 31.0 Å². The molecule has 0 saturated carbocycles. The average molecular weight is 446 g/mol. The highest BCUT2D eigenvalue weighted by Gasteiger charge is 2.27. The maximum Gasteiger partial charge on any atom is 0.326 e. The summed E-state index contributed by atoms with van der Waals surface area (Å²) in [5.41, 5.74) is 6.63. The highest BCUT2D eigenvalue weighted by atomic mass is 16.4. The van der Waals surface area contributed by atoms with Gasteiger partial charge in [-0.15, -0.1) is 0 Å². The summed E-state index contributed by atoms with van der Waals surface area (Å²) in [6.07, 6.45) is 2.91. The molecule has 2 rings (SSSR count). The zero-order chi connectivity index (χ0) is 23.5. The largest absolute Gasteiger partial charge is 0.480 e. The van der Waals surface area contributed by atoms with Gasteiger partial charge in [-0.1, -0.05) is 30.3 Å². The van der Waals surface area contributed by atoms with Gasteiger partial charge in [0.1, 0.15) is 18.1 Å². The molecule has 0 saturated heterocycles. The van der Waals surface area contributed by atoms with Crippen LogP contribution in [0.4, 0.5) is 0 Å². The lowest BCUT2D eigenvalue weighted by Gasteiger charge is -2.22. The number of imidazole rings is 1. The molecule has 172 valence electrons. The monoisotopic (exact) mass is 446 g/mol. The third-order valence-corrected chi connectivity index (χ3v) is 4.48. The standard InChI is InChI=1S/C20H26N6O6/c21-14(10-27)18(29)23-9-17(28)25-15(6-12-4-2-1-3-5-12)19(30)26-16(20(31)32)7-13-8-22-11-24-13/h1-5,8,11,14-16,27H,6-7,9-10,21H2,(H,22,24)(H,23,29)(H,25,28)(H,26,30)(H,31,32). The van der Waals surface area contributed by atoms with Crippen LogP contribution < -0.4 is 21.7 Å². The number of carbonyl (C=O) groups excluding carboxylic acids is 3. The molecule has 0 aliphatic heterocycles. The minimum Gasteiger partial charge on any atom is -0.480 e. The molecule has 0 radical (unpaired) electrons. The van der Waals surface area contributed by atoms with E-state index in [0.717, 1.165) is 5.56 Å². The van der Waals surface area contributed by atoms with Crippen LogP contribution in [0.3, 0.4) is 0 Å². The summed E-state index contributed by atoms with van der Waals surface area (Å²) in [5.74, 6) is -3.35. The van der Waals surface area contributed by atoms with Crippen LogP contribution in [0.25, 0.3) is 0 Å². The number of benzene rings is 1. The number of aromatic nitrogens is 2. The quantitative estimate of drug-likeness (QED) is 0.188. The number of hydrogen-bond donors (Lipinski definition) is 7. The second-order valence-corrected chi connectivity index (χ2v) is 7.00. The Bertz CT molecular complexity index is 905. The molecule has 3 unspecified atom stereocenters. The molecule has 0 bridgehead atoms. The third-order valence-electron chi connectivity index (χ3n) is 4.48. The zero-order valence-electron chi connectivity index (χ0n) is 17.2. The summed E-state index contributed by atoms with van der Waals surface area (Å²) in [6, 6.07) is 5.31. The van der Waals surface area contributed by atoms with E-state index in [2.05, 4.69) is 25.9 Å². The summed E-state index contributed by atoms with van der Waals surface area (Å²) in [6.45, 7) is -1.05. The summed E-state index contributed by atoms with van der Waals surface area (Å²) in [4.78, 5) is 55.0. The minimum absolute atomic E-state index is 0.0256. The van der Waals surface area contributed by atoms with Crippen LogP contribution >= 0.6 is 0 Å². The first kappa shape index (κ1) is 24.5. The molecule has 3 atom stereocenters. The molecule has 0 spiro atoms. The van der Waals surface area contributed by atoms with Gasteiger partial charge >= 0.3 is 5.97 Å². The van der Waals surface area contributed by atoms with Crippen molar-refractivity contribution in [3.05, 3.63) is 54.1 Å². The number of carbonyl (C=O) groups is 4. The van der Waals surface area contributed by atoms with Crippen molar-refractivity contribution in [3.8, 4) is 0 Å². The fourth-order valence-corrected chi connectivity index (χ4v) is 2.77. The molecule has 0 fully saturated rings. The average Bonchev–Trinajstić information content (AvgIpc) is 3.29. The molecule has 0 aliphatic rings. The van der Waals surface area contributed by atoms with E-state index in [9.17, 15) is 24.3 Å². The van der Waals surface area contributed by atoms with E-state index >= 15 is 0 Å². The number of nitrogens with one attached hydrogen (secondary N) is 4. The number of amides is 3. The van der Waals surface area contributed by atoms with E-state index in [1.165, 1.54) is 12.5 Å². The lowest BCUT2D eigenvalue weighted by Crippen LogP contribution is -2.55. The Morgan fingerprint density at radius 2 is 1.75 bits per heavy atom. The Hall–Kier alpha value is -3.77. The van der Waals surface area contributed by atoms with Gasteiger partial charge < -0.3 is 36.9 Å². The first-order valence-electron chi connectivity index (χ1n) is 9.78. The number of nitrogens with two attached hydrogens (primary N) is 1. The number of aliphatic hydroxyl groups is 1. The number of nitrogens with zero attached hydrogens (tertiary/aromatic N) is 1. The second-order valence-electron chi connectivity index (χ2n) is 7.00.